The van der Waals surface area contributed by atoms with Crippen molar-refractivity contribution in [3.05, 3.63) is 59.7 Å². The van der Waals surface area contributed by atoms with E-state index in [4.69, 9.17) is 4.74 Å². The van der Waals surface area contributed by atoms with Gasteiger partial charge in [0.05, 0.1) is 12.7 Å². The summed E-state index contributed by atoms with van der Waals surface area (Å²) in [6, 6.07) is 13.8. The summed E-state index contributed by atoms with van der Waals surface area (Å²) in [7, 11) is 1.34. The van der Waals surface area contributed by atoms with Crippen molar-refractivity contribution in [1.82, 2.24) is 5.32 Å². The third-order valence-corrected chi connectivity index (χ3v) is 5.02. The molecule has 2 amide bonds. The average Bonchev–Trinajstić information content (AvgIpc) is 2.66. The van der Waals surface area contributed by atoms with Crippen molar-refractivity contribution >= 4 is 35.2 Å². The van der Waals surface area contributed by atoms with E-state index in [9.17, 15) is 14.4 Å². The van der Waals surface area contributed by atoms with Crippen molar-refractivity contribution < 1.29 is 19.1 Å². The van der Waals surface area contributed by atoms with E-state index in [0.717, 1.165) is 0 Å². The predicted molar refractivity (Wildman–Crippen MR) is 115 cm³/mol. The molecule has 0 radical (unpaired) electrons. The molecule has 154 valence electrons. The van der Waals surface area contributed by atoms with E-state index in [-0.39, 0.29) is 23.3 Å². The summed E-state index contributed by atoms with van der Waals surface area (Å²) in [6.07, 6.45) is 0. The molecule has 0 saturated carbocycles. The number of hydrogen-bond donors (Lipinski definition) is 2. The summed E-state index contributed by atoms with van der Waals surface area (Å²) in [5.74, 6) is -0.819. The van der Waals surface area contributed by atoms with Crippen molar-refractivity contribution in [3.63, 3.8) is 0 Å². The first-order valence-corrected chi connectivity index (χ1v) is 10.1. The number of carbonyl (C=O) groups is 3. The molecule has 2 N–H and O–H groups in total. The molecule has 1 atom stereocenters. The van der Waals surface area contributed by atoms with Crippen LogP contribution < -0.4 is 10.6 Å². The molecule has 1 unspecified atom stereocenters. The highest BCUT2D eigenvalue weighted by molar-refractivity contribution is 8.00. The molecule has 2 aromatic carbocycles. The van der Waals surface area contributed by atoms with Gasteiger partial charge in [-0.1, -0.05) is 12.1 Å². The maximum Gasteiger partial charge on any atom is 0.318 e. The number of anilines is 1. The third kappa shape index (κ3) is 6.64. The van der Waals surface area contributed by atoms with E-state index in [1.54, 1.807) is 49.4 Å². The number of rotatable bonds is 6. The standard InChI is InChI=1S/C22H26N2O4S/c1-14(21(27)28-5)29-18-9-7-6-8-17(18)20(26)23-16-12-10-15(11-13-16)19(25)24-22(2,3)4/h6-14H,1-5H3,(H,23,26)(H,24,25). The smallest absolute Gasteiger partial charge is 0.318 e. The Morgan fingerprint density at radius 2 is 1.59 bits per heavy atom. The molecule has 0 aromatic heterocycles. The fraction of sp³-hybridized carbons (Fsp3) is 0.318. The second-order valence-electron chi connectivity index (χ2n) is 7.51. The first kappa shape index (κ1) is 22.5. The Kier molecular flexibility index (Phi) is 7.45. The van der Waals surface area contributed by atoms with Gasteiger partial charge in [-0.25, -0.2) is 0 Å². The number of thioether (sulfide) groups is 1. The SMILES string of the molecule is COC(=O)C(C)Sc1ccccc1C(=O)Nc1ccc(C(=O)NC(C)(C)C)cc1. The molecule has 0 fully saturated rings. The van der Waals surface area contributed by atoms with Gasteiger partial charge >= 0.3 is 5.97 Å². The zero-order valence-electron chi connectivity index (χ0n) is 17.2. The number of ether oxygens (including phenoxy) is 1. The van der Waals surface area contributed by atoms with E-state index < -0.39 is 5.25 Å². The van der Waals surface area contributed by atoms with Gasteiger partial charge in [-0.05, 0) is 64.1 Å². The lowest BCUT2D eigenvalue weighted by Crippen LogP contribution is -2.40. The molecular formula is C22H26N2O4S. The Hall–Kier alpha value is -2.80. The van der Waals surface area contributed by atoms with E-state index in [0.29, 0.717) is 21.7 Å². The number of benzene rings is 2. The van der Waals surface area contributed by atoms with Gasteiger partial charge in [-0.3, -0.25) is 14.4 Å². The van der Waals surface area contributed by atoms with Crippen molar-refractivity contribution in [2.45, 2.75) is 43.4 Å². The zero-order valence-corrected chi connectivity index (χ0v) is 18.1. The molecule has 6 nitrogen and oxygen atoms in total. The van der Waals surface area contributed by atoms with Crippen LogP contribution in [0.1, 0.15) is 48.4 Å². The van der Waals surface area contributed by atoms with Gasteiger partial charge in [0.1, 0.15) is 5.25 Å². The average molecular weight is 415 g/mol. The number of methoxy groups -OCH3 is 1. The summed E-state index contributed by atoms with van der Waals surface area (Å²) in [4.78, 5) is 37.3. The summed E-state index contributed by atoms with van der Waals surface area (Å²) in [5.41, 5.74) is 1.22. The van der Waals surface area contributed by atoms with Crippen LogP contribution in [0, 0.1) is 0 Å². The number of hydrogen-bond acceptors (Lipinski definition) is 5. The van der Waals surface area contributed by atoms with Crippen molar-refractivity contribution in [3.8, 4) is 0 Å². The van der Waals surface area contributed by atoms with Gasteiger partial charge in [-0.2, -0.15) is 0 Å². The summed E-state index contributed by atoms with van der Waals surface area (Å²) >= 11 is 1.27. The van der Waals surface area contributed by atoms with Crippen molar-refractivity contribution in [1.29, 1.82) is 0 Å². The Bertz CT molecular complexity index is 888. The lowest BCUT2D eigenvalue weighted by molar-refractivity contribution is -0.139. The van der Waals surface area contributed by atoms with Crippen LogP contribution in [-0.4, -0.2) is 35.7 Å². The minimum absolute atomic E-state index is 0.172. The zero-order chi connectivity index (χ0) is 21.6. The lowest BCUT2D eigenvalue weighted by Gasteiger charge is -2.20. The normalized spacial score (nSPS) is 12.0. The minimum Gasteiger partial charge on any atom is -0.468 e. The van der Waals surface area contributed by atoms with Crippen LogP contribution in [0.5, 0.6) is 0 Å². The van der Waals surface area contributed by atoms with Crippen molar-refractivity contribution in [2.24, 2.45) is 0 Å². The summed E-state index contributed by atoms with van der Waals surface area (Å²) in [5, 5.41) is 5.29. The lowest BCUT2D eigenvalue weighted by atomic mass is 10.1. The number of carbonyl (C=O) groups excluding carboxylic acids is 3. The third-order valence-electron chi connectivity index (χ3n) is 3.86. The minimum atomic E-state index is -0.436. The molecule has 0 heterocycles. The molecule has 0 aliphatic carbocycles. The van der Waals surface area contributed by atoms with Crippen LogP contribution in [-0.2, 0) is 9.53 Å². The highest BCUT2D eigenvalue weighted by Gasteiger charge is 2.19. The molecular weight excluding hydrogens is 388 g/mol. The number of amides is 2. The molecule has 2 aromatic rings. The molecule has 29 heavy (non-hydrogen) atoms. The Morgan fingerprint density at radius 3 is 2.17 bits per heavy atom. The highest BCUT2D eigenvalue weighted by Crippen LogP contribution is 2.28. The van der Waals surface area contributed by atoms with Gasteiger partial charge in [0.15, 0.2) is 0 Å². The van der Waals surface area contributed by atoms with Gasteiger partial charge in [0.2, 0.25) is 0 Å². The quantitative estimate of drug-likeness (QED) is 0.549. The Morgan fingerprint density at radius 1 is 0.966 bits per heavy atom. The van der Waals surface area contributed by atoms with E-state index >= 15 is 0 Å². The monoisotopic (exact) mass is 414 g/mol. The van der Waals surface area contributed by atoms with E-state index in [1.165, 1.54) is 18.9 Å². The van der Waals surface area contributed by atoms with Gasteiger partial charge in [0.25, 0.3) is 11.8 Å². The molecule has 0 aliphatic rings. The van der Waals surface area contributed by atoms with E-state index in [1.807, 2.05) is 26.8 Å². The van der Waals surface area contributed by atoms with Crippen LogP contribution in [0.15, 0.2) is 53.4 Å². The maximum absolute atomic E-state index is 12.7. The van der Waals surface area contributed by atoms with Crippen LogP contribution in [0.2, 0.25) is 0 Å². The Labute approximate surface area is 175 Å². The first-order valence-electron chi connectivity index (χ1n) is 9.18. The molecule has 0 aliphatic heterocycles. The molecule has 7 heteroatoms. The van der Waals surface area contributed by atoms with Crippen LogP contribution in [0.3, 0.4) is 0 Å². The van der Waals surface area contributed by atoms with Gasteiger partial charge < -0.3 is 15.4 Å². The second-order valence-corrected chi connectivity index (χ2v) is 8.90. The molecule has 0 bridgehead atoms. The fourth-order valence-corrected chi connectivity index (χ4v) is 3.50. The number of nitrogens with one attached hydrogen (secondary N) is 2. The molecule has 2 rings (SSSR count). The topological polar surface area (TPSA) is 84.5 Å². The van der Waals surface area contributed by atoms with Gasteiger partial charge in [0, 0.05) is 21.7 Å². The van der Waals surface area contributed by atoms with E-state index in [2.05, 4.69) is 10.6 Å². The maximum atomic E-state index is 12.7. The van der Waals surface area contributed by atoms with Crippen LogP contribution in [0.4, 0.5) is 5.69 Å². The number of esters is 1. The second kappa shape index (κ2) is 9.60. The molecule has 0 spiro atoms. The van der Waals surface area contributed by atoms with Crippen LogP contribution >= 0.6 is 11.8 Å². The molecule has 0 saturated heterocycles. The van der Waals surface area contributed by atoms with Crippen molar-refractivity contribution in [2.75, 3.05) is 12.4 Å². The fourth-order valence-electron chi connectivity index (χ4n) is 2.48. The summed E-state index contributed by atoms with van der Waals surface area (Å²) in [6.45, 7) is 7.47. The van der Waals surface area contributed by atoms with Gasteiger partial charge in [-0.15, -0.1) is 11.8 Å². The highest BCUT2D eigenvalue weighted by atomic mass is 32.2. The first-order chi connectivity index (χ1) is 13.6. The predicted octanol–water partition coefficient (Wildman–Crippen LogP) is 4.12. The Balaban J connectivity index is 2.11. The summed E-state index contributed by atoms with van der Waals surface area (Å²) < 4.78 is 4.75. The van der Waals surface area contributed by atoms with Crippen LogP contribution in [0.25, 0.3) is 0 Å². The largest absolute Gasteiger partial charge is 0.468 e.